The van der Waals surface area contributed by atoms with E-state index in [0.717, 1.165) is 12.1 Å². The predicted molar refractivity (Wildman–Crippen MR) is 112 cm³/mol. The fourth-order valence-corrected chi connectivity index (χ4v) is 3.11. The van der Waals surface area contributed by atoms with Gasteiger partial charge in [0, 0.05) is 30.0 Å². The third-order valence-electron chi connectivity index (χ3n) is 4.75. The van der Waals surface area contributed by atoms with Crippen molar-refractivity contribution in [2.45, 2.75) is 44.9 Å². The van der Waals surface area contributed by atoms with Crippen molar-refractivity contribution in [3.8, 4) is 17.2 Å². The van der Waals surface area contributed by atoms with E-state index in [1.807, 2.05) is 13.0 Å². The molecule has 2 aromatic carbocycles. The number of H-pyrrole nitrogens is 1. The number of imidazole rings is 1. The Morgan fingerprint density at radius 2 is 1.88 bits per heavy atom. The van der Waals surface area contributed by atoms with Crippen molar-refractivity contribution < 1.29 is 27.4 Å². The maximum Gasteiger partial charge on any atom is 0.491 e. The molecule has 0 amide bonds. The van der Waals surface area contributed by atoms with Gasteiger partial charge in [-0.25, -0.2) is 9.78 Å². The van der Waals surface area contributed by atoms with E-state index in [2.05, 4.69) is 20.0 Å². The van der Waals surface area contributed by atoms with Gasteiger partial charge in [-0.2, -0.15) is 13.2 Å². The number of aromatic nitrogens is 2. The summed E-state index contributed by atoms with van der Waals surface area (Å²) in [7, 11) is 0. The lowest BCUT2D eigenvalue weighted by Crippen LogP contribution is -2.28. The Morgan fingerprint density at radius 1 is 1.12 bits per heavy atom. The number of aromatic amines is 1. The van der Waals surface area contributed by atoms with Gasteiger partial charge in [-0.15, -0.1) is 0 Å². The quantitative estimate of drug-likeness (QED) is 0.331. The first-order valence-corrected chi connectivity index (χ1v) is 10.2. The SMILES string of the molecule is CC(CCCc1c(OC(=O)C(F)(F)F)cccc1Oc1ccccc1)NCc1cnc[nH]1. The van der Waals surface area contributed by atoms with E-state index in [-0.39, 0.29) is 11.8 Å². The van der Waals surface area contributed by atoms with Crippen molar-refractivity contribution in [2.24, 2.45) is 0 Å². The molecule has 0 aliphatic heterocycles. The van der Waals surface area contributed by atoms with Gasteiger partial charge in [0.2, 0.25) is 0 Å². The van der Waals surface area contributed by atoms with Crippen LogP contribution in [-0.2, 0) is 17.8 Å². The number of hydrogen-bond acceptors (Lipinski definition) is 5. The molecular weight excluding hydrogens is 423 g/mol. The van der Waals surface area contributed by atoms with Crippen LogP contribution in [0.15, 0.2) is 61.1 Å². The van der Waals surface area contributed by atoms with E-state index in [9.17, 15) is 18.0 Å². The molecule has 0 saturated heterocycles. The van der Waals surface area contributed by atoms with Gasteiger partial charge in [-0.1, -0.05) is 24.3 Å². The predicted octanol–water partition coefficient (Wildman–Crippen LogP) is 5.17. The number of ether oxygens (including phenoxy) is 2. The molecule has 0 radical (unpaired) electrons. The summed E-state index contributed by atoms with van der Waals surface area (Å²) >= 11 is 0. The molecule has 1 atom stereocenters. The summed E-state index contributed by atoms with van der Waals surface area (Å²) in [5, 5.41) is 3.36. The molecule has 0 fully saturated rings. The number of esters is 1. The molecule has 1 aromatic heterocycles. The minimum atomic E-state index is -5.08. The summed E-state index contributed by atoms with van der Waals surface area (Å²) < 4.78 is 48.8. The molecule has 3 aromatic rings. The monoisotopic (exact) mass is 447 g/mol. The molecule has 0 bridgehead atoms. The Balaban J connectivity index is 1.70. The Hall–Kier alpha value is -3.33. The number of nitrogens with one attached hydrogen (secondary N) is 2. The molecule has 2 N–H and O–H groups in total. The van der Waals surface area contributed by atoms with Crippen molar-refractivity contribution in [1.29, 1.82) is 0 Å². The molecule has 0 aliphatic rings. The number of benzene rings is 2. The van der Waals surface area contributed by atoms with Crippen LogP contribution in [0.2, 0.25) is 0 Å². The molecule has 170 valence electrons. The zero-order chi connectivity index (χ0) is 23.0. The summed E-state index contributed by atoms with van der Waals surface area (Å²) in [4.78, 5) is 18.4. The van der Waals surface area contributed by atoms with Crippen molar-refractivity contribution in [3.05, 3.63) is 72.3 Å². The van der Waals surface area contributed by atoms with Gasteiger partial charge >= 0.3 is 12.1 Å². The second-order valence-corrected chi connectivity index (χ2v) is 7.29. The van der Waals surface area contributed by atoms with Gasteiger partial charge in [-0.05, 0) is 50.5 Å². The van der Waals surface area contributed by atoms with Gasteiger partial charge in [0.15, 0.2) is 0 Å². The molecule has 0 saturated carbocycles. The number of carbonyl (C=O) groups excluding carboxylic acids is 1. The summed E-state index contributed by atoms with van der Waals surface area (Å²) in [6.45, 7) is 2.65. The standard InChI is InChI=1S/C23H24F3N3O3/c1-16(28-14-17-13-27-15-29-17)7-5-10-19-20(31-18-8-3-2-4-9-18)11-6-12-21(19)32-22(30)23(24,25)26/h2-4,6,8-9,11-13,15-16,28H,5,7,10,14H2,1H3,(H,27,29). The number of para-hydroxylation sites is 1. The molecule has 9 heteroatoms. The zero-order valence-corrected chi connectivity index (χ0v) is 17.5. The second-order valence-electron chi connectivity index (χ2n) is 7.29. The van der Waals surface area contributed by atoms with Crippen LogP contribution in [0, 0.1) is 0 Å². The third-order valence-corrected chi connectivity index (χ3v) is 4.75. The summed E-state index contributed by atoms with van der Waals surface area (Å²) in [5.74, 6) is -1.53. The number of alkyl halides is 3. The minimum Gasteiger partial charge on any atom is -0.457 e. The molecule has 32 heavy (non-hydrogen) atoms. The van der Waals surface area contributed by atoms with Crippen LogP contribution in [-0.4, -0.2) is 28.2 Å². The van der Waals surface area contributed by atoms with Gasteiger partial charge in [0.25, 0.3) is 0 Å². The van der Waals surface area contributed by atoms with Crippen molar-refractivity contribution in [1.82, 2.24) is 15.3 Å². The lowest BCUT2D eigenvalue weighted by molar-refractivity contribution is -0.189. The van der Waals surface area contributed by atoms with Crippen molar-refractivity contribution in [2.75, 3.05) is 0 Å². The van der Waals surface area contributed by atoms with Crippen LogP contribution in [0.4, 0.5) is 13.2 Å². The van der Waals surface area contributed by atoms with Gasteiger partial charge in [-0.3, -0.25) is 0 Å². The molecule has 1 heterocycles. The van der Waals surface area contributed by atoms with Crippen molar-refractivity contribution >= 4 is 5.97 Å². The summed E-state index contributed by atoms with van der Waals surface area (Å²) in [6, 6.07) is 13.5. The Labute approximate surface area is 183 Å². The van der Waals surface area contributed by atoms with Gasteiger partial charge in [0.1, 0.15) is 17.2 Å². The highest BCUT2D eigenvalue weighted by Crippen LogP contribution is 2.34. The normalized spacial score (nSPS) is 12.4. The van der Waals surface area contributed by atoms with E-state index in [4.69, 9.17) is 4.74 Å². The third kappa shape index (κ3) is 6.84. The number of halogens is 3. The molecule has 0 spiro atoms. The fourth-order valence-electron chi connectivity index (χ4n) is 3.11. The highest BCUT2D eigenvalue weighted by molar-refractivity contribution is 5.78. The van der Waals surface area contributed by atoms with Gasteiger partial charge < -0.3 is 19.8 Å². The molecule has 1 unspecified atom stereocenters. The topological polar surface area (TPSA) is 76.2 Å². The zero-order valence-electron chi connectivity index (χ0n) is 17.5. The van der Waals surface area contributed by atoms with Crippen LogP contribution in [0.1, 0.15) is 31.0 Å². The van der Waals surface area contributed by atoms with E-state index in [1.54, 1.807) is 42.9 Å². The van der Waals surface area contributed by atoms with E-state index < -0.39 is 12.1 Å². The van der Waals surface area contributed by atoms with Crippen molar-refractivity contribution in [3.63, 3.8) is 0 Å². The maximum absolute atomic E-state index is 12.8. The smallest absolute Gasteiger partial charge is 0.457 e. The number of nitrogens with zero attached hydrogens (tertiary/aromatic N) is 1. The summed E-state index contributed by atoms with van der Waals surface area (Å²) in [5.41, 5.74) is 1.37. The van der Waals surface area contributed by atoms with Crippen LogP contribution >= 0.6 is 0 Å². The first-order chi connectivity index (χ1) is 15.3. The van der Waals surface area contributed by atoms with Crippen LogP contribution in [0.3, 0.4) is 0 Å². The molecular formula is C23H24F3N3O3. The van der Waals surface area contributed by atoms with E-state index in [1.165, 1.54) is 12.1 Å². The highest BCUT2D eigenvalue weighted by atomic mass is 19.4. The van der Waals surface area contributed by atoms with Gasteiger partial charge in [0.05, 0.1) is 6.33 Å². The fraction of sp³-hybridized carbons (Fsp3) is 0.304. The Kier molecular flexibility index (Phi) is 7.88. The number of carbonyl (C=O) groups is 1. The summed E-state index contributed by atoms with van der Waals surface area (Å²) in [6.07, 6.45) is 0.0227. The lowest BCUT2D eigenvalue weighted by atomic mass is 10.0. The van der Waals surface area contributed by atoms with Crippen LogP contribution in [0.5, 0.6) is 17.2 Å². The Bertz CT molecular complexity index is 993. The first-order valence-electron chi connectivity index (χ1n) is 10.2. The minimum absolute atomic E-state index is 0.154. The number of hydrogen-bond donors (Lipinski definition) is 2. The molecule has 3 rings (SSSR count). The average Bonchev–Trinajstić information content (AvgIpc) is 3.28. The second kappa shape index (κ2) is 10.8. The average molecular weight is 447 g/mol. The molecule has 0 aliphatic carbocycles. The first kappa shape index (κ1) is 23.3. The largest absolute Gasteiger partial charge is 0.491 e. The lowest BCUT2D eigenvalue weighted by Gasteiger charge is -2.17. The van der Waals surface area contributed by atoms with E-state index >= 15 is 0 Å². The van der Waals surface area contributed by atoms with Crippen LogP contribution < -0.4 is 14.8 Å². The highest BCUT2D eigenvalue weighted by Gasteiger charge is 2.41. The maximum atomic E-state index is 12.8. The molecule has 6 nitrogen and oxygen atoms in total. The Morgan fingerprint density at radius 3 is 2.56 bits per heavy atom. The van der Waals surface area contributed by atoms with Crippen LogP contribution in [0.25, 0.3) is 0 Å². The number of rotatable bonds is 10. The van der Waals surface area contributed by atoms with E-state index in [0.29, 0.717) is 36.4 Å².